The number of nitrogens with one attached hydrogen (secondary N) is 1. The van der Waals surface area contributed by atoms with Gasteiger partial charge in [-0.1, -0.05) is 11.6 Å². The van der Waals surface area contributed by atoms with E-state index in [0.717, 1.165) is 0 Å². The normalized spacial score (nSPS) is 10.0. The Kier molecular flexibility index (Phi) is 6.08. The van der Waals surface area contributed by atoms with E-state index >= 15 is 0 Å². The summed E-state index contributed by atoms with van der Waals surface area (Å²) in [5.41, 5.74) is 6.71. The molecule has 0 saturated carbocycles. The van der Waals surface area contributed by atoms with Crippen LogP contribution in [0, 0.1) is 0 Å². The van der Waals surface area contributed by atoms with E-state index in [-0.39, 0.29) is 5.56 Å². The lowest BCUT2D eigenvalue weighted by atomic mass is 10.2. The fourth-order valence-electron chi connectivity index (χ4n) is 2.02. The van der Waals surface area contributed by atoms with Gasteiger partial charge in [0.2, 0.25) is 0 Å². The lowest BCUT2D eigenvalue weighted by Gasteiger charge is -2.09. The molecule has 1 amide bonds. The number of amides is 1. The number of benzene rings is 2. The molecule has 0 saturated heterocycles. The minimum atomic E-state index is -0.669. The highest BCUT2D eigenvalue weighted by molar-refractivity contribution is 6.32. The number of esters is 1. The van der Waals surface area contributed by atoms with Crippen LogP contribution in [0.5, 0.6) is 11.5 Å². The Bertz CT molecular complexity index is 795. The quantitative estimate of drug-likeness (QED) is 0.604. The van der Waals surface area contributed by atoms with Crippen molar-refractivity contribution >= 4 is 34.9 Å². The van der Waals surface area contributed by atoms with Gasteiger partial charge in [-0.2, -0.15) is 0 Å². The van der Waals surface area contributed by atoms with Crippen molar-refractivity contribution in [3.05, 3.63) is 47.0 Å². The third kappa shape index (κ3) is 4.77. The molecule has 25 heavy (non-hydrogen) atoms. The van der Waals surface area contributed by atoms with Crippen LogP contribution in [-0.4, -0.2) is 32.7 Å². The predicted molar refractivity (Wildman–Crippen MR) is 94.3 cm³/mol. The number of carbonyl (C=O) groups is 2. The number of nitrogen functional groups attached to an aromatic ring is 1. The van der Waals surface area contributed by atoms with Gasteiger partial charge in [0.25, 0.3) is 5.91 Å². The first-order chi connectivity index (χ1) is 11.9. The van der Waals surface area contributed by atoms with Crippen molar-refractivity contribution in [3.63, 3.8) is 0 Å². The molecule has 0 aliphatic heterocycles. The molecule has 7 nitrogen and oxygen atoms in total. The van der Waals surface area contributed by atoms with Gasteiger partial charge >= 0.3 is 5.97 Å². The first kappa shape index (κ1) is 18.4. The fourth-order valence-corrected chi connectivity index (χ4v) is 2.27. The van der Waals surface area contributed by atoms with Gasteiger partial charge in [0, 0.05) is 5.69 Å². The molecule has 0 heterocycles. The van der Waals surface area contributed by atoms with Gasteiger partial charge in [-0.15, -0.1) is 0 Å². The monoisotopic (exact) mass is 364 g/mol. The smallest absolute Gasteiger partial charge is 0.338 e. The summed E-state index contributed by atoms with van der Waals surface area (Å²) in [5.74, 6) is -0.234. The lowest BCUT2D eigenvalue weighted by molar-refractivity contribution is -0.119. The topological polar surface area (TPSA) is 99.9 Å². The molecule has 8 heteroatoms. The summed E-state index contributed by atoms with van der Waals surface area (Å²) in [5, 5.41) is 2.92. The zero-order chi connectivity index (χ0) is 18.4. The largest absolute Gasteiger partial charge is 0.495 e. The number of rotatable bonds is 6. The van der Waals surface area contributed by atoms with Crippen LogP contribution in [0.1, 0.15) is 10.4 Å². The second-order valence-electron chi connectivity index (χ2n) is 4.93. The Balaban J connectivity index is 1.92. The maximum atomic E-state index is 12.0. The van der Waals surface area contributed by atoms with Crippen molar-refractivity contribution < 1.29 is 23.8 Å². The van der Waals surface area contributed by atoms with Crippen LogP contribution in [0.4, 0.5) is 11.4 Å². The minimum absolute atomic E-state index is 0.221. The van der Waals surface area contributed by atoms with Gasteiger partial charge in [-0.25, -0.2) is 4.79 Å². The highest BCUT2D eigenvalue weighted by Gasteiger charge is 2.13. The molecule has 2 aromatic rings. The number of carbonyl (C=O) groups excluding carboxylic acids is 2. The molecule has 2 aromatic carbocycles. The molecule has 0 unspecified atom stereocenters. The molecule has 2 rings (SSSR count). The van der Waals surface area contributed by atoms with E-state index < -0.39 is 18.5 Å². The van der Waals surface area contributed by atoms with Crippen LogP contribution in [-0.2, 0) is 9.53 Å². The standard InChI is InChI=1S/C17H17ClN2O5/c1-23-14-6-4-11(8-12(14)18)20-16(21)9-25-17(22)10-3-5-15(24-2)13(19)7-10/h3-8H,9,19H2,1-2H3,(H,20,21). The van der Waals surface area contributed by atoms with Crippen molar-refractivity contribution in [2.75, 3.05) is 31.9 Å². The van der Waals surface area contributed by atoms with Crippen LogP contribution < -0.4 is 20.5 Å². The van der Waals surface area contributed by atoms with Gasteiger partial charge in [-0.3, -0.25) is 4.79 Å². The van der Waals surface area contributed by atoms with Crippen molar-refractivity contribution in [2.24, 2.45) is 0 Å². The Morgan fingerprint density at radius 3 is 2.36 bits per heavy atom. The number of nitrogens with two attached hydrogens (primary N) is 1. The predicted octanol–water partition coefficient (Wildman–Crippen LogP) is 2.73. The molecule has 132 valence electrons. The Hall–Kier alpha value is -2.93. The number of hydrogen-bond acceptors (Lipinski definition) is 6. The van der Waals surface area contributed by atoms with E-state index in [4.69, 9.17) is 31.5 Å². The molecule has 0 aromatic heterocycles. The summed E-state index contributed by atoms with van der Waals surface area (Å²) in [7, 11) is 2.96. The lowest BCUT2D eigenvalue weighted by Crippen LogP contribution is -2.21. The van der Waals surface area contributed by atoms with E-state index in [2.05, 4.69) is 5.32 Å². The van der Waals surface area contributed by atoms with E-state index in [9.17, 15) is 9.59 Å². The van der Waals surface area contributed by atoms with Crippen molar-refractivity contribution in [1.29, 1.82) is 0 Å². The van der Waals surface area contributed by atoms with E-state index in [1.54, 1.807) is 18.2 Å². The molecular weight excluding hydrogens is 348 g/mol. The average molecular weight is 365 g/mol. The van der Waals surface area contributed by atoms with Crippen LogP contribution in [0.15, 0.2) is 36.4 Å². The highest BCUT2D eigenvalue weighted by atomic mass is 35.5. The summed E-state index contributed by atoms with van der Waals surface area (Å²) in [6, 6.07) is 9.23. The summed E-state index contributed by atoms with van der Waals surface area (Å²) < 4.78 is 15.0. The van der Waals surface area contributed by atoms with Crippen LogP contribution in [0.2, 0.25) is 5.02 Å². The highest BCUT2D eigenvalue weighted by Crippen LogP contribution is 2.27. The number of ether oxygens (including phenoxy) is 3. The van der Waals surface area contributed by atoms with Gasteiger partial charge in [-0.05, 0) is 36.4 Å². The van der Waals surface area contributed by atoms with Crippen LogP contribution >= 0.6 is 11.6 Å². The summed E-state index contributed by atoms with van der Waals surface area (Å²) >= 11 is 5.98. The minimum Gasteiger partial charge on any atom is -0.495 e. The summed E-state index contributed by atoms with van der Waals surface area (Å²) in [4.78, 5) is 23.8. The van der Waals surface area contributed by atoms with Crippen LogP contribution in [0.25, 0.3) is 0 Å². The molecule has 0 radical (unpaired) electrons. The van der Waals surface area contributed by atoms with E-state index in [1.165, 1.54) is 32.4 Å². The molecule has 0 fully saturated rings. The van der Waals surface area contributed by atoms with Crippen LogP contribution in [0.3, 0.4) is 0 Å². The molecule has 0 aliphatic carbocycles. The molecule has 0 bridgehead atoms. The fraction of sp³-hybridized carbons (Fsp3) is 0.176. The van der Waals surface area contributed by atoms with Gasteiger partial charge in [0.05, 0.1) is 30.5 Å². The maximum absolute atomic E-state index is 12.0. The Morgan fingerprint density at radius 2 is 1.76 bits per heavy atom. The maximum Gasteiger partial charge on any atom is 0.338 e. The zero-order valence-corrected chi connectivity index (χ0v) is 14.4. The van der Waals surface area contributed by atoms with Gasteiger partial charge in [0.15, 0.2) is 6.61 Å². The van der Waals surface area contributed by atoms with Crippen molar-refractivity contribution in [1.82, 2.24) is 0 Å². The molecule has 3 N–H and O–H groups in total. The number of halogens is 1. The third-order valence-electron chi connectivity index (χ3n) is 3.24. The average Bonchev–Trinajstić information content (AvgIpc) is 2.59. The number of hydrogen-bond donors (Lipinski definition) is 2. The molecular formula is C17H17ClN2O5. The molecule has 0 aliphatic rings. The van der Waals surface area contributed by atoms with E-state index in [0.29, 0.717) is 27.9 Å². The molecule has 0 atom stereocenters. The Labute approximate surface area is 149 Å². The van der Waals surface area contributed by atoms with E-state index in [1.807, 2.05) is 0 Å². The third-order valence-corrected chi connectivity index (χ3v) is 3.53. The van der Waals surface area contributed by atoms with Crippen molar-refractivity contribution in [3.8, 4) is 11.5 Å². The summed E-state index contributed by atoms with van der Waals surface area (Å²) in [6.07, 6.45) is 0. The van der Waals surface area contributed by atoms with Gasteiger partial charge in [0.1, 0.15) is 11.5 Å². The second kappa shape index (κ2) is 8.25. The zero-order valence-electron chi connectivity index (χ0n) is 13.7. The number of methoxy groups -OCH3 is 2. The second-order valence-corrected chi connectivity index (χ2v) is 5.34. The first-order valence-electron chi connectivity index (χ1n) is 7.18. The Morgan fingerprint density at radius 1 is 1.08 bits per heavy atom. The number of anilines is 2. The SMILES string of the molecule is COc1ccc(C(=O)OCC(=O)Nc2ccc(OC)c(Cl)c2)cc1N. The van der Waals surface area contributed by atoms with Gasteiger partial charge < -0.3 is 25.3 Å². The molecule has 0 spiro atoms. The van der Waals surface area contributed by atoms with Crippen molar-refractivity contribution in [2.45, 2.75) is 0 Å². The first-order valence-corrected chi connectivity index (χ1v) is 7.56. The summed E-state index contributed by atoms with van der Waals surface area (Å²) in [6.45, 7) is -0.450.